The molecule has 0 saturated carbocycles. The molecule has 6 heteroatoms. The normalized spacial score (nSPS) is 19.7. The standard InChI is InChI=1S/C44H42N2O2P2/c1-45(49(47,33-19-7-3-8-20-33)34-21-9-4-10-22-34)31-41-42(44-39-29-17-15-27-37(39)43(41)38-28-16-18-30-40(38)44)32-46(2)50(48,35-23-11-5-12-24-35)36-25-13-6-14-26-36/h3-30,41-44H,31-32H2,1-2H3. The summed E-state index contributed by atoms with van der Waals surface area (Å²) in [5, 5.41) is 3.34. The van der Waals surface area contributed by atoms with Gasteiger partial charge in [0, 0.05) is 46.1 Å². The SMILES string of the molecule is CN(CC1C2c3ccccc3C(c3ccccc32)C1CN(C)P(=O)(c1ccccc1)c1ccccc1)P(=O)(c1ccccc1)c1ccccc1. The predicted molar refractivity (Wildman–Crippen MR) is 208 cm³/mol. The zero-order valence-corrected chi connectivity index (χ0v) is 30.3. The molecule has 3 aliphatic carbocycles. The van der Waals surface area contributed by atoms with Crippen molar-refractivity contribution in [3.63, 3.8) is 0 Å². The molecule has 0 amide bonds. The number of fused-ring (bicyclic) bond motifs is 1. The monoisotopic (exact) mass is 692 g/mol. The molecule has 0 aliphatic heterocycles. The summed E-state index contributed by atoms with van der Waals surface area (Å²) in [6.07, 6.45) is 0. The van der Waals surface area contributed by atoms with Crippen LogP contribution >= 0.6 is 14.6 Å². The van der Waals surface area contributed by atoms with E-state index < -0.39 is 14.6 Å². The molecule has 0 saturated heterocycles. The van der Waals surface area contributed by atoms with Crippen LogP contribution in [0.25, 0.3) is 0 Å². The molecule has 2 atom stereocenters. The van der Waals surface area contributed by atoms with Crippen molar-refractivity contribution in [2.24, 2.45) is 11.8 Å². The summed E-state index contributed by atoms with van der Waals surface area (Å²) in [6, 6.07) is 57.6. The summed E-state index contributed by atoms with van der Waals surface area (Å²) in [5.74, 6) is 0.443. The third-order valence-electron chi connectivity index (χ3n) is 11.1. The minimum atomic E-state index is -3.20. The Morgan fingerprint density at radius 2 is 0.600 bits per heavy atom. The summed E-state index contributed by atoms with van der Waals surface area (Å²) in [5.41, 5.74) is 5.43. The van der Waals surface area contributed by atoms with Gasteiger partial charge in [0.1, 0.15) is 0 Å². The van der Waals surface area contributed by atoms with Gasteiger partial charge in [0.2, 0.25) is 14.6 Å². The minimum absolute atomic E-state index is 0.109. The molecule has 0 aromatic heterocycles. The van der Waals surface area contributed by atoms with Gasteiger partial charge in [-0.25, -0.2) is 9.34 Å². The van der Waals surface area contributed by atoms with Crippen LogP contribution in [0.2, 0.25) is 0 Å². The Morgan fingerprint density at radius 3 is 0.840 bits per heavy atom. The van der Waals surface area contributed by atoms with Gasteiger partial charge in [-0.15, -0.1) is 0 Å². The van der Waals surface area contributed by atoms with Gasteiger partial charge < -0.3 is 0 Å². The van der Waals surface area contributed by atoms with Gasteiger partial charge in [-0.1, -0.05) is 121 Å². The Labute approximate surface area is 296 Å². The van der Waals surface area contributed by atoms with Crippen molar-refractivity contribution in [3.05, 3.63) is 192 Å². The highest BCUT2D eigenvalue weighted by atomic mass is 31.2. The molecule has 2 bridgehead atoms. The van der Waals surface area contributed by atoms with Gasteiger partial charge in [-0.3, -0.25) is 9.13 Å². The number of hydrogen-bond donors (Lipinski definition) is 0. The van der Waals surface area contributed by atoms with E-state index in [2.05, 4.69) is 57.9 Å². The summed E-state index contributed by atoms with van der Waals surface area (Å²) in [7, 11) is -2.31. The maximum absolute atomic E-state index is 15.6. The molecule has 0 heterocycles. The highest BCUT2D eigenvalue weighted by Gasteiger charge is 2.52. The van der Waals surface area contributed by atoms with Crippen LogP contribution in [0.4, 0.5) is 0 Å². The van der Waals surface area contributed by atoms with E-state index >= 15 is 9.13 Å². The lowest BCUT2D eigenvalue weighted by molar-refractivity contribution is 0.177. The first-order chi connectivity index (χ1) is 24.4. The third-order valence-corrected chi connectivity index (χ3v) is 17.3. The van der Waals surface area contributed by atoms with Crippen LogP contribution in [-0.2, 0) is 9.13 Å². The van der Waals surface area contributed by atoms with Gasteiger partial charge in [0.05, 0.1) is 0 Å². The molecule has 6 aromatic carbocycles. The molecule has 250 valence electrons. The van der Waals surface area contributed by atoms with Crippen molar-refractivity contribution in [2.45, 2.75) is 11.8 Å². The highest BCUT2D eigenvalue weighted by molar-refractivity contribution is 7.77. The zero-order valence-electron chi connectivity index (χ0n) is 28.5. The van der Waals surface area contributed by atoms with Crippen molar-refractivity contribution in [1.29, 1.82) is 0 Å². The van der Waals surface area contributed by atoms with Gasteiger partial charge >= 0.3 is 0 Å². The fourth-order valence-corrected chi connectivity index (χ4v) is 14.2. The molecular formula is C44H42N2O2P2. The molecule has 0 radical (unpaired) electrons. The van der Waals surface area contributed by atoms with E-state index in [0.717, 1.165) is 21.2 Å². The van der Waals surface area contributed by atoms with Gasteiger partial charge in [-0.05, 0) is 96.7 Å². The second-order valence-electron chi connectivity index (χ2n) is 13.7. The van der Waals surface area contributed by atoms with Crippen LogP contribution in [0.3, 0.4) is 0 Å². The average molecular weight is 693 g/mol. The van der Waals surface area contributed by atoms with E-state index in [0.29, 0.717) is 13.1 Å². The van der Waals surface area contributed by atoms with Gasteiger partial charge in [0.15, 0.2) is 0 Å². The minimum Gasteiger partial charge on any atom is -0.296 e. The molecular weight excluding hydrogens is 650 g/mol. The lowest BCUT2D eigenvalue weighted by Crippen LogP contribution is -2.49. The molecule has 50 heavy (non-hydrogen) atoms. The van der Waals surface area contributed by atoms with Crippen molar-refractivity contribution in [2.75, 3.05) is 27.2 Å². The average Bonchev–Trinajstić information content (AvgIpc) is 3.19. The molecule has 2 unspecified atom stereocenters. The number of rotatable bonds is 10. The molecule has 0 spiro atoms. The highest BCUT2D eigenvalue weighted by Crippen LogP contribution is 2.61. The molecule has 3 aliphatic rings. The fourth-order valence-electron chi connectivity index (χ4n) is 8.84. The van der Waals surface area contributed by atoms with Crippen molar-refractivity contribution in [3.8, 4) is 0 Å². The van der Waals surface area contributed by atoms with E-state index in [1.807, 2.05) is 135 Å². The number of hydrogen-bond acceptors (Lipinski definition) is 2. The molecule has 4 nitrogen and oxygen atoms in total. The Balaban J connectivity index is 1.27. The van der Waals surface area contributed by atoms with Crippen molar-refractivity contribution < 1.29 is 9.13 Å². The van der Waals surface area contributed by atoms with Crippen molar-refractivity contribution in [1.82, 2.24) is 9.34 Å². The Kier molecular flexibility index (Phi) is 8.84. The first kappa shape index (κ1) is 32.9. The lowest BCUT2D eigenvalue weighted by Gasteiger charge is -2.53. The van der Waals surface area contributed by atoms with Crippen LogP contribution in [0, 0.1) is 11.8 Å². The van der Waals surface area contributed by atoms with Crippen LogP contribution in [0.15, 0.2) is 170 Å². The van der Waals surface area contributed by atoms with Crippen LogP contribution in [0.1, 0.15) is 34.1 Å². The Bertz CT molecular complexity index is 1900. The second-order valence-corrected chi connectivity index (χ2v) is 19.5. The van der Waals surface area contributed by atoms with Crippen LogP contribution in [0.5, 0.6) is 0 Å². The van der Waals surface area contributed by atoms with E-state index in [1.165, 1.54) is 22.3 Å². The summed E-state index contributed by atoms with van der Waals surface area (Å²) < 4.78 is 35.5. The van der Waals surface area contributed by atoms with E-state index in [4.69, 9.17) is 0 Å². The van der Waals surface area contributed by atoms with Crippen LogP contribution < -0.4 is 21.2 Å². The van der Waals surface area contributed by atoms with Gasteiger partial charge in [-0.2, -0.15) is 0 Å². The predicted octanol–water partition coefficient (Wildman–Crippen LogP) is 8.23. The summed E-state index contributed by atoms with van der Waals surface area (Å²) in [4.78, 5) is 0. The summed E-state index contributed by atoms with van der Waals surface area (Å²) in [6.45, 7) is 1.23. The number of nitrogens with zero attached hydrogens (tertiary/aromatic N) is 2. The Hall–Kier alpha value is -4.30. The first-order valence-corrected chi connectivity index (χ1v) is 20.8. The molecule has 0 fully saturated rings. The van der Waals surface area contributed by atoms with Crippen molar-refractivity contribution >= 4 is 35.8 Å². The fraction of sp³-hybridized carbons (Fsp3) is 0.182. The van der Waals surface area contributed by atoms with E-state index in [9.17, 15) is 0 Å². The zero-order chi connectivity index (χ0) is 34.3. The van der Waals surface area contributed by atoms with Crippen LogP contribution in [-0.4, -0.2) is 36.5 Å². The quantitative estimate of drug-likeness (QED) is 0.136. The first-order valence-electron chi connectivity index (χ1n) is 17.5. The summed E-state index contributed by atoms with van der Waals surface area (Å²) >= 11 is 0. The molecule has 6 aromatic rings. The largest absolute Gasteiger partial charge is 0.296 e. The second kappa shape index (κ2) is 13.4. The topological polar surface area (TPSA) is 40.6 Å². The third kappa shape index (κ3) is 5.38. The smallest absolute Gasteiger partial charge is 0.206 e. The molecule has 9 rings (SSSR count). The van der Waals surface area contributed by atoms with E-state index in [-0.39, 0.29) is 23.7 Å². The lowest BCUT2D eigenvalue weighted by atomic mass is 9.54. The Morgan fingerprint density at radius 1 is 0.380 bits per heavy atom. The molecule has 0 N–H and O–H groups in total. The maximum atomic E-state index is 15.6. The number of benzene rings is 6. The van der Waals surface area contributed by atoms with E-state index in [1.54, 1.807) is 0 Å². The van der Waals surface area contributed by atoms with Gasteiger partial charge in [0.25, 0.3) is 0 Å². The maximum Gasteiger partial charge on any atom is 0.206 e.